The normalized spacial score (nSPS) is 13.1. The third-order valence-corrected chi connectivity index (χ3v) is 1.81. The molecule has 0 radical (unpaired) electrons. The van der Waals surface area contributed by atoms with Crippen molar-refractivity contribution < 1.29 is 9.59 Å². The molecule has 0 aromatic heterocycles. The number of nitrogens with one attached hydrogen (secondary N) is 2. The summed E-state index contributed by atoms with van der Waals surface area (Å²) in [4.78, 5) is 22.5. The molecule has 0 rings (SSSR count). The van der Waals surface area contributed by atoms with Crippen molar-refractivity contribution in [1.82, 2.24) is 10.6 Å². The van der Waals surface area contributed by atoms with Crippen LogP contribution in [0.5, 0.6) is 0 Å². The van der Waals surface area contributed by atoms with Crippen molar-refractivity contribution >= 4 is 11.8 Å². The van der Waals surface area contributed by atoms with Crippen molar-refractivity contribution in [2.24, 2.45) is 5.73 Å². The van der Waals surface area contributed by atoms with Gasteiger partial charge < -0.3 is 16.4 Å². The second kappa shape index (κ2) is 6.48. The van der Waals surface area contributed by atoms with Crippen molar-refractivity contribution in [3.63, 3.8) is 0 Å². The van der Waals surface area contributed by atoms with Gasteiger partial charge in [0.1, 0.15) is 0 Å². The molecule has 0 aromatic carbocycles. The van der Waals surface area contributed by atoms with E-state index in [-0.39, 0.29) is 17.4 Å². The smallest absolute Gasteiger partial charge is 0.236 e. The molecule has 0 heterocycles. The number of hydrogen-bond donors (Lipinski definition) is 3. The van der Waals surface area contributed by atoms with Crippen LogP contribution in [0.25, 0.3) is 0 Å². The topological polar surface area (TPSA) is 84.2 Å². The third kappa shape index (κ3) is 8.23. The van der Waals surface area contributed by atoms with E-state index in [9.17, 15) is 9.59 Å². The Hall–Kier alpha value is -1.10. The largest absolute Gasteiger partial charge is 0.355 e. The molecule has 0 fully saturated rings. The Morgan fingerprint density at radius 1 is 1.31 bits per heavy atom. The van der Waals surface area contributed by atoms with Crippen LogP contribution in [-0.4, -0.2) is 29.9 Å². The average Bonchev–Trinajstić information content (AvgIpc) is 2.08. The van der Waals surface area contributed by atoms with E-state index in [1.807, 2.05) is 20.8 Å². The summed E-state index contributed by atoms with van der Waals surface area (Å²) in [6.45, 7) is 7.91. The van der Waals surface area contributed by atoms with E-state index in [0.717, 1.165) is 0 Å². The summed E-state index contributed by atoms with van der Waals surface area (Å²) >= 11 is 0. The van der Waals surface area contributed by atoms with Gasteiger partial charge in [0.25, 0.3) is 0 Å². The molecule has 0 spiro atoms. The molecule has 2 amide bonds. The van der Waals surface area contributed by atoms with E-state index in [2.05, 4.69) is 10.6 Å². The van der Waals surface area contributed by atoms with Crippen molar-refractivity contribution in [2.75, 3.05) is 6.54 Å². The highest BCUT2D eigenvalue weighted by Gasteiger charge is 2.13. The Morgan fingerprint density at radius 2 is 1.88 bits per heavy atom. The molecule has 0 aliphatic carbocycles. The second-order valence-electron chi connectivity index (χ2n) is 4.98. The first kappa shape index (κ1) is 14.9. The van der Waals surface area contributed by atoms with Crippen LogP contribution < -0.4 is 16.4 Å². The number of amides is 2. The van der Waals surface area contributed by atoms with Crippen LogP contribution in [0.1, 0.15) is 40.5 Å². The Labute approximate surface area is 97.2 Å². The van der Waals surface area contributed by atoms with Gasteiger partial charge in [-0.15, -0.1) is 0 Å². The highest BCUT2D eigenvalue weighted by atomic mass is 16.2. The third-order valence-electron chi connectivity index (χ3n) is 1.81. The Balaban J connectivity index is 3.60. The fraction of sp³-hybridized carbons (Fsp3) is 0.818. The lowest BCUT2D eigenvalue weighted by Crippen LogP contribution is -2.41. The predicted molar refractivity (Wildman–Crippen MR) is 63.8 cm³/mol. The molecular formula is C11H23N3O2. The van der Waals surface area contributed by atoms with E-state index in [4.69, 9.17) is 5.73 Å². The van der Waals surface area contributed by atoms with E-state index in [1.54, 1.807) is 6.92 Å². The van der Waals surface area contributed by atoms with Crippen LogP contribution in [0.2, 0.25) is 0 Å². The maximum atomic E-state index is 11.4. The number of hydrogen-bond acceptors (Lipinski definition) is 3. The van der Waals surface area contributed by atoms with Gasteiger partial charge >= 0.3 is 0 Å². The molecule has 4 N–H and O–H groups in total. The zero-order valence-corrected chi connectivity index (χ0v) is 10.6. The van der Waals surface area contributed by atoms with E-state index in [1.165, 1.54) is 0 Å². The summed E-state index contributed by atoms with van der Waals surface area (Å²) in [5, 5.41) is 5.51. The standard InChI is InChI=1S/C11H23N3O2/c1-8(12)10(16)13-7-5-6-9(15)14-11(2,3)4/h8H,5-7,12H2,1-4H3,(H,13,16)(H,14,15). The molecule has 0 saturated heterocycles. The van der Waals surface area contributed by atoms with Crippen LogP contribution in [0, 0.1) is 0 Å². The quantitative estimate of drug-likeness (QED) is 0.586. The Kier molecular flexibility index (Phi) is 6.03. The second-order valence-corrected chi connectivity index (χ2v) is 4.98. The van der Waals surface area contributed by atoms with Crippen LogP contribution >= 0.6 is 0 Å². The molecule has 0 aromatic rings. The average molecular weight is 229 g/mol. The number of carbonyl (C=O) groups excluding carboxylic acids is 2. The van der Waals surface area contributed by atoms with Crippen LogP contribution in [0.3, 0.4) is 0 Å². The van der Waals surface area contributed by atoms with Crippen molar-refractivity contribution in [3.8, 4) is 0 Å². The van der Waals surface area contributed by atoms with Crippen LogP contribution in [-0.2, 0) is 9.59 Å². The highest BCUT2D eigenvalue weighted by Crippen LogP contribution is 2.00. The number of rotatable bonds is 5. The molecule has 94 valence electrons. The highest BCUT2D eigenvalue weighted by molar-refractivity contribution is 5.81. The number of nitrogens with two attached hydrogens (primary N) is 1. The lowest BCUT2D eigenvalue weighted by Gasteiger charge is -2.20. The molecular weight excluding hydrogens is 206 g/mol. The van der Waals surface area contributed by atoms with E-state index in [0.29, 0.717) is 19.4 Å². The Morgan fingerprint density at radius 3 is 2.31 bits per heavy atom. The van der Waals surface area contributed by atoms with Crippen molar-refractivity contribution in [3.05, 3.63) is 0 Å². The van der Waals surface area contributed by atoms with Gasteiger partial charge in [0.15, 0.2) is 0 Å². The molecule has 1 unspecified atom stereocenters. The van der Waals surface area contributed by atoms with Gasteiger partial charge in [0, 0.05) is 18.5 Å². The monoisotopic (exact) mass is 229 g/mol. The van der Waals surface area contributed by atoms with Crippen molar-refractivity contribution in [2.45, 2.75) is 52.1 Å². The molecule has 0 aliphatic heterocycles. The SMILES string of the molecule is CC(N)C(=O)NCCCC(=O)NC(C)(C)C. The minimum atomic E-state index is -0.497. The van der Waals surface area contributed by atoms with Crippen LogP contribution in [0.4, 0.5) is 0 Å². The summed E-state index contributed by atoms with van der Waals surface area (Å²) in [6.07, 6.45) is 1.04. The van der Waals surface area contributed by atoms with Gasteiger partial charge in [0.05, 0.1) is 6.04 Å². The first-order chi connectivity index (χ1) is 7.22. The van der Waals surface area contributed by atoms with Gasteiger partial charge in [-0.2, -0.15) is 0 Å². The zero-order chi connectivity index (χ0) is 12.8. The fourth-order valence-corrected chi connectivity index (χ4v) is 1.10. The molecule has 1 atom stereocenters. The van der Waals surface area contributed by atoms with Gasteiger partial charge in [-0.3, -0.25) is 9.59 Å². The zero-order valence-electron chi connectivity index (χ0n) is 10.6. The molecule has 0 bridgehead atoms. The summed E-state index contributed by atoms with van der Waals surface area (Å²) in [5.41, 5.74) is 5.17. The first-order valence-electron chi connectivity index (χ1n) is 5.56. The molecule has 0 aliphatic rings. The predicted octanol–water partition coefficient (Wildman–Crippen LogP) is 0.145. The summed E-state index contributed by atoms with van der Waals surface area (Å²) in [6, 6.07) is -0.497. The lowest BCUT2D eigenvalue weighted by atomic mass is 10.1. The first-order valence-corrected chi connectivity index (χ1v) is 5.56. The number of carbonyl (C=O) groups is 2. The van der Waals surface area contributed by atoms with Crippen molar-refractivity contribution in [1.29, 1.82) is 0 Å². The van der Waals surface area contributed by atoms with Gasteiger partial charge in [-0.25, -0.2) is 0 Å². The minimum absolute atomic E-state index is 0.00236. The molecule has 0 saturated carbocycles. The van der Waals surface area contributed by atoms with Gasteiger partial charge in [-0.05, 0) is 34.1 Å². The summed E-state index contributed by atoms with van der Waals surface area (Å²) in [7, 11) is 0. The minimum Gasteiger partial charge on any atom is -0.355 e. The lowest BCUT2D eigenvalue weighted by molar-refractivity contribution is -0.124. The summed E-state index contributed by atoms with van der Waals surface area (Å²) in [5.74, 6) is -0.182. The molecule has 5 nitrogen and oxygen atoms in total. The van der Waals surface area contributed by atoms with Gasteiger partial charge in [0.2, 0.25) is 11.8 Å². The van der Waals surface area contributed by atoms with E-state index < -0.39 is 6.04 Å². The van der Waals surface area contributed by atoms with Crippen LogP contribution in [0.15, 0.2) is 0 Å². The van der Waals surface area contributed by atoms with E-state index >= 15 is 0 Å². The molecule has 16 heavy (non-hydrogen) atoms. The maximum absolute atomic E-state index is 11.4. The van der Waals surface area contributed by atoms with Gasteiger partial charge in [-0.1, -0.05) is 0 Å². The maximum Gasteiger partial charge on any atom is 0.236 e. The fourth-order valence-electron chi connectivity index (χ4n) is 1.10. The Bertz CT molecular complexity index is 244. The summed E-state index contributed by atoms with van der Waals surface area (Å²) < 4.78 is 0. The molecule has 5 heteroatoms.